The van der Waals surface area contributed by atoms with Crippen LogP contribution in [0.2, 0.25) is 0 Å². The molecular formula is C41H50FN5O5. The number of hydrogen-bond donors (Lipinski definition) is 4. The van der Waals surface area contributed by atoms with Gasteiger partial charge in [0, 0.05) is 30.4 Å². The number of nitrogens with one attached hydrogen (secondary N) is 3. The molecule has 52 heavy (non-hydrogen) atoms. The first kappa shape index (κ1) is 38.4. The molecule has 1 saturated heterocycles. The Morgan fingerprint density at radius 2 is 1.63 bits per heavy atom. The van der Waals surface area contributed by atoms with E-state index in [0.717, 1.165) is 10.9 Å². The smallest absolute Gasteiger partial charge is 0.270 e. The van der Waals surface area contributed by atoms with Crippen LogP contribution >= 0.6 is 0 Å². The summed E-state index contributed by atoms with van der Waals surface area (Å²) in [7, 11) is 0. The maximum Gasteiger partial charge on any atom is 0.270 e. The number of nitrogens with zero attached hydrogens (tertiary/aromatic N) is 2. The van der Waals surface area contributed by atoms with E-state index < -0.39 is 41.6 Å². The molecule has 0 aliphatic carbocycles. The first-order valence-corrected chi connectivity index (χ1v) is 17.9. The number of β-amino-alcohol motifs (C(OH)–C–C–N with tert-alkyl or cyclic N) is 1. The molecule has 0 spiro atoms. The van der Waals surface area contributed by atoms with Crippen LogP contribution < -0.4 is 20.7 Å². The third kappa shape index (κ3) is 10.6. The minimum atomic E-state index is -1.07. The predicted octanol–water partition coefficient (Wildman–Crippen LogP) is 5.04. The Balaban J connectivity index is 1.33. The lowest BCUT2D eigenvalue weighted by molar-refractivity contribution is -0.132. The van der Waals surface area contributed by atoms with Crippen molar-refractivity contribution >= 4 is 28.6 Å². The van der Waals surface area contributed by atoms with Crippen LogP contribution in [0.3, 0.4) is 0 Å². The zero-order valence-electron chi connectivity index (χ0n) is 30.5. The Hall–Kier alpha value is -4.87. The second kappa shape index (κ2) is 17.1. The summed E-state index contributed by atoms with van der Waals surface area (Å²) in [5, 5.41) is 21.7. The van der Waals surface area contributed by atoms with Gasteiger partial charge in [-0.2, -0.15) is 0 Å². The molecule has 3 aromatic carbocycles. The summed E-state index contributed by atoms with van der Waals surface area (Å²) in [5.74, 6) is -1.22. The molecule has 10 nitrogen and oxygen atoms in total. The molecule has 2 heterocycles. The minimum absolute atomic E-state index is 0.100. The molecule has 5 rings (SSSR count). The maximum atomic E-state index is 14.0. The van der Waals surface area contributed by atoms with Crippen molar-refractivity contribution in [3.8, 4) is 5.75 Å². The Morgan fingerprint density at radius 1 is 0.942 bits per heavy atom. The molecule has 0 bridgehead atoms. The largest absolute Gasteiger partial charge is 0.490 e. The van der Waals surface area contributed by atoms with E-state index in [1.807, 2.05) is 100 Å². The number of piperidine rings is 1. The summed E-state index contributed by atoms with van der Waals surface area (Å²) in [4.78, 5) is 47.4. The number of para-hydroxylation sites is 1. The van der Waals surface area contributed by atoms with Crippen molar-refractivity contribution in [1.29, 1.82) is 0 Å². The van der Waals surface area contributed by atoms with Crippen LogP contribution in [0.15, 0.2) is 91.0 Å². The summed E-state index contributed by atoms with van der Waals surface area (Å²) >= 11 is 0. The number of ether oxygens (including phenoxy) is 1. The molecular weight excluding hydrogens is 661 g/mol. The first-order chi connectivity index (χ1) is 24.8. The topological polar surface area (TPSA) is 133 Å². The highest BCUT2D eigenvalue weighted by Crippen LogP contribution is 2.25. The second-order valence-corrected chi connectivity index (χ2v) is 14.9. The summed E-state index contributed by atoms with van der Waals surface area (Å²) < 4.78 is 19.7. The number of likely N-dealkylation sites (tertiary alicyclic amines) is 1. The van der Waals surface area contributed by atoms with Gasteiger partial charge in [0.2, 0.25) is 11.8 Å². The normalized spacial score (nSPS) is 18.3. The van der Waals surface area contributed by atoms with Crippen LogP contribution in [0.25, 0.3) is 10.9 Å². The van der Waals surface area contributed by atoms with Crippen LogP contribution in [-0.2, 0) is 16.0 Å². The van der Waals surface area contributed by atoms with Crippen molar-refractivity contribution in [2.75, 3.05) is 13.1 Å². The standard InChI is InChI=1S/C41H50FN5O5/c1-26(2)37(45-38(49)33-20-15-28-13-9-10-14-32(28)43-33)40(51)44-34(23-27-11-7-6-8-12-27)36(48)25-47-22-21-31(52-30-18-16-29(42)17-19-30)24-35(47)39(50)46-41(3,4)5/h6-20,26,31,34-37,48H,21-25H2,1-5H3,(H,44,51)(H,45,49)(H,46,50)/t31-,34+,35+,36-,37+/m1/s1. The van der Waals surface area contributed by atoms with E-state index >= 15 is 0 Å². The molecule has 11 heteroatoms. The van der Waals surface area contributed by atoms with Gasteiger partial charge in [0.25, 0.3) is 5.91 Å². The van der Waals surface area contributed by atoms with Crippen LogP contribution in [0, 0.1) is 11.7 Å². The summed E-state index contributed by atoms with van der Waals surface area (Å²) in [5.41, 5.74) is 1.29. The van der Waals surface area contributed by atoms with Crippen molar-refractivity contribution in [2.24, 2.45) is 5.92 Å². The van der Waals surface area contributed by atoms with Crippen molar-refractivity contribution in [3.05, 3.63) is 108 Å². The van der Waals surface area contributed by atoms with E-state index in [1.165, 1.54) is 12.1 Å². The second-order valence-electron chi connectivity index (χ2n) is 14.9. The van der Waals surface area contributed by atoms with Gasteiger partial charge in [-0.15, -0.1) is 0 Å². The monoisotopic (exact) mass is 711 g/mol. The predicted molar refractivity (Wildman–Crippen MR) is 199 cm³/mol. The highest BCUT2D eigenvalue weighted by Gasteiger charge is 2.38. The van der Waals surface area contributed by atoms with E-state index in [1.54, 1.807) is 18.2 Å². The highest BCUT2D eigenvalue weighted by molar-refractivity contribution is 5.98. The number of benzene rings is 3. The zero-order valence-corrected chi connectivity index (χ0v) is 30.5. The summed E-state index contributed by atoms with van der Waals surface area (Å²) in [6.07, 6.45) is -0.131. The average Bonchev–Trinajstić information content (AvgIpc) is 3.11. The fourth-order valence-electron chi connectivity index (χ4n) is 6.47. The van der Waals surface area contributed by atoms with Crippen LogP contribution in [-0.4, -0.2) is 81.7 Å². The van der Waals surface area contributed by atoms with Crippen molar-refractivity contribution in [1.82, 2.24) is 25.8 Å². The van der Waals surface area contributed by atoms with Crippen molar-refractivity contribution in [2.45, 2.75) is 89.8 Å². The Kier molecular flexibility index (Phi) is 12.6. The highest BCUT2D eigenvalue weighted by atomic mass is 19.1. The number of fused-ring (bicyclic) bond motifs is 1. The number of carbonyl (C=O) groups excluding carboxylic acids is 3. The first-order valence-electron chi connectivity index (χ1n) is 17.9. The van der Waals surface area contributed by atoms with E-state index in [9.17, 15) is 23.9 Å². The third-order valence-corrected chi connectivity index (χ3v) is 9.16. The number of aliphatic hydroxyl groups excluding tert-OH is 1. The van der Waals surface area contributed by atoms with Gasteiger partial charge in [0.1, 0.15) is 29.4 Å². The Labute approximate surface area is 305 Å². The van der Waals surface area contributed by atoms with Gasteiger partial charge in [0.05, 0.1) is 23.7 Å². The molecule has 4 N–H and O–H groups in total. The molecule has 0 unspecified atom stereocenters. The van der Waals surface area contributed by atoms with E-state index in [4.69, 9.17) is 4.74 Å². The molecule has 1 fully saturated rings. The fourth-order valence-corrected chi connectivity index (χ4v) is 6.47. The van der Waals surface area contributed by atoms with Gasteiger partial charge in [-0.05, 0) is 81.5 Å². The van der Waals surface area contributed by atoms with Gasteiger partial charge in [-0.3, -0.25) is 19.3 Å². The SMILES string of the molecule is CC(C)[C@H](NC(=O)c1ccc2ccccc2n1)C(=O)N[C@@H](Cc1ccccc1)[C@H](O)CN1CC[C@@H](Oc2ccc(F)cc2)C[C@H]1C(=O)NC(C)(C)C. The molecule has 276 valence electrons. The molecule has 0 radical (unpaired) electrons. The van der Waals surface area contributed by atoms with E-state index in [-0.39, 0.29) is 36.0 Å². The molecule has 1 aromatic heterocycles. The number of pyridine rings is 1. The van der Waals surface area contributed by atoms with Gasteiger partial charge in [-0.25, -0.2) is 9.37 Å². The van der Waals surface area contributed by atoms with Crippen molar-refractivity contribution in [3.63, 3.8) is 0 Å². The van der Waals surface area contributed by atoms with Crippen LogP contribution in [0.4, 0.5) is 4.39 Å². The molecule has 0 saturated carbocycles. The van der Waals surface area contributed by atoms with Gasteiger partial charge in [-0.1, -0.05) is 68.4 Å². The van der Waals surface area contributed by atoms with E-state index in [0.29, 0.717) is 37.1 Å². The molecule has 1 aliphatic rings. The van der Waals surface area contributed by atoms with Gasteiger partial charge in [0.15, 0.2) is 0 Å². The molecule has 1 aliphatic heterocycles. The average molecular weight is 712 g/mol. The number of rotatable bonds is 13. The number of amides is 3. The summed E-state index contributed by atoms with van der Waals surface area (Å²) in [6, 6.07) is 24.0. The quantitative estimate of drug-likeness (QED) is 0.153. The van der Waals surface area contributed by atoms with Crippen molar-refractivity contribution < 1.29 is 28.6 Å². The lowest BCUT2D eigenvalue weighted by Crippen LogP contribution is -2.60. The minimum Gasteiger partial charge on any atom is -0.490 e. The zero-order chi connectivity index (χ0) is 37.4. The number of carbonyl (C=O) groups is 3. The summed E-state index contributed by atoms with van der Waals surface area (Å²) in [6.45, 7) is 9.96. The Morgan fingerprint density at radius 3 is 2.33 bits per heavy atom. The Bertz CT molecular complexity index is 1810. The van der Waals surface area contributed by atoms with E-state index in [2.05, 4.69) is 20.9 Å². The molecule has 3 amide bonds. The molecule has 5 atom stereocenters. The number of aromatic nitrogens is 1. The third-order valence-electron chi connectivity index (χ3n) is 9.16. The van der Waals surface area contributed by atoms with Crippen LogP contribution in [0.5, 0.6) is 5.75 Å². The number of hydrogen-bond acceptors (Lipinski definition) is 7. The van der Waals surface area contributed by atoms with Crippen LogP contribution in [0.1, 0.15) is 63.5 Å². The fraction of sp³-hybridized carbons (Fsp3) is 0.415. The lowest BCUT2D eigenvalue weighted by atomic mass is 9.94. The lowest BCUT2D eigenvalue weighted by Gasteiger charge is -2.41. The number of aliphatic hydroxyl groups is 1. The van der Waals surface area contributed by atoms with Gasteiger partial charge >= 0.3 is 0 Å². The van der Waals surface area contributed by atoms with Gasteiger partial charge < -0.3 is 25.8 Å². The molecule has 4 aromatic rings. The maximum absolute atomic E-state index is 14.0. The number of halogens is 1.